The molecule has 11 heteroatoms. The second-order valence-corrected chi connectivity index (χ2v) is 28.5. The van der Waals surface area contributed by atoms with Crippen LogP contribution in [0.3, 0.4) is 0 Å². The molecule has 0 aliphatic rings. The molecule has 0 bridgehead atoms. The number of hydrogen-bond donors (Lipinski definition) is 1. The van der Waals surface area contributed by atoms with Crippen molar-refractivity contribution < 1.29 is 31.8 Å². The van der Waals surface area contributed by atoms with Gasteiger partial charge in [0, 0.05) is 18.7 Å². The summed E-state index contributed by atoms with van der Waals surface area (Å²) < 4.78 is 25.5. The van der Waals surface area contributed by atoms with Crippen LogP contribution in [0.1, 0.15) is 58.3 Å². The zero-order valence-corrected chi connectivity index (χ0v) is 28.0. The first-order valence-electron chi connectivity index (χ1n) is 13.1. The lowest BCUT2D eigenvalue weighted by molar-refractivity contribution is -0.138. The van der Waals surface area contributed by atoms with E-state index >= 15 is 0 Å². The lowest BCUT2D eigenvalue weighted by Gasteiger charge is -2.44. The van der Waals surface area contributed by atoms with Crippen LogP contribution in [-0.2, 0) is 26.7 Å². The molecule has 0 rings (SSSR count). The van der Waals surface area contributed by atoms with Gasteiger partial charge in [-0.15, -0.1) is 0 Å². The van der Waals surface area contributed by atoms with Crippen molar-refractivity contribution in [2.24, 2.45) is 0 Å². The molecular formula is C24H52O7Si4. The number of carbonyl (C=O) groups excluding carboxylic acids is 1. The summed E-state index contributed by atoms with van der Waals surface area (Å²) >= 11 is 0. The third-order valence-electron chi connectivity index (χ3n) is 5.39. The number of unbranched alkanes of at least 4 members (excludes halogenated alkanes) is 5. The van der Waals surface area contributed by atoms with Crippen molar-refractivity contribution in [3.05, 3.63) is 12.2 Å². The summed E-state index contributed by atoms with van der Waals surface area (Å²) in [6, 6.07) is 0. The molecule has 0 aromatic rings. The molecule has 206 valence electrons. The van der Waals surface area contributed by atoms with E-state index in [1.807, 2.05) is 0 Å². The highest BCUT2D eigenvalue weighted by Gasteiger charge is 2.49. The fourth-order valence-corrected chi connectivity index (χ4v) is 21.0. The lowest BCUT2D eigenvalue weighted by Crippen LogP contribution is -2.60. The van der Waals surface area contributed by atoms with Crippen LogP contribution in [0.2, 0.25) is 64.5 Å². The van der Waals surface area contributed by atoms with E-state index in [0.717, 1.165) is 25.0 Å². The van der Waals surface area contributed by atoms with Gasteiger partial charge in [0.1, 0.15) is 0 Å². The number of carbonyl (C=O) groups is 2. The number of hydrogen-bond acceptors (Lipinski definition) is 6. The Kier molecular flexibility index (Phi) is 15.4. The van der Waals surface area contributed by atoms with Gasteiger partial charge in [0.05, 0.1) is 6.61 Å². The van der Waals surface area contributed by atoms with Gasteiger partial charge in [0.15, 0.2) is 25.0 Å². The Morgan fingerprint density at radius 1 is 0.743 bits per heavy atom. The van der Waals surface area contributed by atoms with Gasteiger partial charge in [-0.25, -0.2) is 9.59 Å². The van der Waals surface area contributed by atoms with Crippen molar-refractivity contribution in [2.75, 3.05) is 6.61 Å². The van der Waals surface area contributed by atoms with E-state index in [9.17, 15) is 9.59 Å². The van der Waals surface area contributed by atoms with E-state index in [-0.39, 0.29) is 12.1 Å². The molecule has 0 saturated carbocycles. The maximum absolute atomic E-state index is 11.9. The van der Waals surface area contributed by atoms with Gasteiger partial charge in [0.2, 0.25) is 0 Å². The first-order valence-corrected chi connectivity index (χ1v) is 25.1. The minimum atomic E-state index is -2.87. The number of carboxylic acid groups (broad SMARTS) is 1. The standard InChI is InChI=1S/C24H52O7Si4/c1-11-12-13-14-15-16-17-22(20-21-28-24(27)19-18-23(25)26)34(8,9)31-35(10,29-32(2,3)4)30-33(5,6)7/h18-19,22H,11-17,20-21H2,1-10H3,(H,25,26). The van der Waals surface area contributed by atoms with E-state index in [2.05, 4.69) is 65.8 Å². The Labute approximate surface area is 218 Å². The van der Waals surface area contributed by atoms with Gasteiger partial charge in [0.25, 0.3) is 0 Å². The Morgan fingerprint density at radius 3 is 1.74 bits per heavy atom. The third-order valence-corrected chi connectivity index (χ3v) is 19.4. The van der Waals surface area contributed by atoms with Crippen molar-refractivity contribution in [1.82, 2.24) is 0 Å². The highest BCUT2D eigenvalue weighted by atomic mass is 28.5. The van der Waals surface area contributed by atoms with Gasteiger partial charge in [-0.1, -0.05) is 51.9 Å². The summed E-state index contributed by atoms with van der Waals surface area (Å²) in [6.45, 7) is 22.0. The van der Waals surface area contributed by atoms with Crippen LogP contribution in [0.5, 0.6) is 0 Å². The topological polar surface area (TPSA) is 91.3 Å². The van der Waals surface area contributed by atoms with E-state index < -0.39 is 45.7 Å². The van der Waals surface area contributed by atoms with Gasteiger partial charge < -0.3 is 22.2 Å². The summed E-state index contributed by atoms with van der Waals surface area (Å²) in [4.78, 5) is 22.5. The molecule has 0 aromatic heterocycles. The van der Waals surface area contributed by atoms with Crippen molar-refractivity contribution >= 4 is 45.7 Å². The van der Waals surface area contributed by atoms with Crippen LogP contribution in [0.4, 0.5) is 0 Å². The van der Waals surface area contributed by atoms with Crippen LogP contribution >= 0.6 is 0 Å². The number of rotatable bonds is 19. The predicted molar refractivity (Wildman–Crippen MR) is 153 cm³/mol. The van der Waals surface area contributed by atoms with Crippen LogP contribution in [0.25, 0.3) is 0 Å². The van der Waals surface area contributed by atoms with Gasteiger partial charge >= 0.3 is 20.7 Å². The SMILES string of the molecule is CCCCCCCCC(CCOC(=O)C=CC(=O)O)[Si](C)(C)O[Si](C)(O[Si](C)(C)C)O[Si](C)(C)C. The Morgan fingerprint density at radius 2 is 1.26 bits per heavy atom. The van der Waals surface area contributed by atoms with Crippen LogP contribution < -0.4 is 0 Å². The van der Waals surface area contributed by atoms with Crippen LogP contribution in [-0.4, -0.2) is 57.4 Å². The molecule has 1 N–H and O–H groups in total. The third kappa shape index (κ3) is 18.3. The molecule has 0 heterocycles. The first kappa shape index (κ1) is 34.4. The van der Waals surface area contributed by atoms with Crippen molar-refractivity contribution in [3.63, 3.8) is 0 Å². The minimum absolute atomic E-state index is 0.241. The summed E-state index contributed by atoms with van der Waals surface area (Å²) in [6.07, 6.45) is 10.8. The second-order valence-electron chi connectivity index (χ2n) is 11.9. The van der Waals surface area contributed by atoms with Gasteiger partial charge in [-0.3, -0.25) is 0 Å². The van der Waals surface area contributed by atoms with Crippen LogP contribution in [0, 0.1) is 0 Å². The molecule has 0 aliphatic heterocycles. The molecule has 1 unspecified atom stereocenters. The predicted octanol–water partition coefficient (Wildman–Crippen LogP) is 7.17. The van der Waals surface area contributed by atoms with Crippen LogP contribution in [0.15, 0.2) is 12.2 Å². The average Bonchev–Trinajstić information content (AvgIpc) is 2.63. The zero-order valence-electron chi connectivity index (χ0n) is 24.0. The fraction of sp³-hybridized carbons (Fsp3) is 0.833. The molecule has 0 saturated heterocycles. The molecule has 1 atom stereocenters. The van der Waals surface area contributed by atoms with Gasteiger partial charge in [-0.2, -0.15) is 0 Å². The van der Waals surface area contributed by atoms with E-state index in [0.29, 0.717) is 6.42 Å². The summed E-state index contributed by atoms with van der Waals surface area (Å²) in [5.41, 5.74) is 0.271. The summed E-state index contributed by atoms with van der Waals surface area (Å²) in [5, 5.41) is 8.71. The van der Waals surface area contributed by atoms with Crippen molar-refractivity contribution in [1.29, 1.82) is 0 Å². The average molecular weight is 565 g/mol. The normalized spacial score (nSPS) is 14.3. The maximum Gasteiger partial charge on any atom is 0.466 e. The first-order chi connectivity index (χ1) is 15.9. The smallest absolute Gasteiger partial charge is 0.466 e. The Hall–Kier alpha value is -0.572. The molecule has 0 amide bonds. The highest BCUT2D eigenvalue weighted by molar-refractivity contribution is 6.90. The second kappa shape index (κ2) is 15.6. The van der Waals surface area contributed by atoms with Crippen molar-refractivity contribution in [3.8, 4) is 0 Å². The molecule has 7 nitrogen and oxygen atoms in total. The summed E-state index contributed by atoms with van der Waals surface area (Å²) in [5.74, 6) is -1.80. The highest BCUT2D eigenvalue weighted by Crippen LogP contribution is 2.36. The molecule has 0 radical (unpaired) electrons. The zero-order chi connectivity index (χ0) is 27.3. The van der Waals surface area contributed by atoms with E-state index in [4.69, 9.17) is 22.2 Å². The monoisotopic (exact) mass is 564 g/mol. The number of ether oxygens (including phenoxy) is 1. The Balaban J connectivity index is 5.48. The van der Waals surface area contributed by atoms with Crippen molar-refractivity contribution in [2.45, 2.75) is 123 Å². The van der Waals surface area contributed by atoms with E-state index in [1.165, 1.54) is 32.1 Å². The lowest BCUT2D eigenvalue weighted by atomic mass is 10.1. The summed E-state index contributed by atoms with van der Waals surface area (Å²) in [7, 11) is -8.96. The molecule has 0 fully saturated rings. The Bertz CT molecular complexity index is 654. The molecular weight excluding hydrogens is 513 g/mol. The molecule has 0 spiro atoms. The fourth-order valence-electron chi connectivity index (χ4n) is 4.24. The van der Waals surface area contributed by atoms with E-state index in [1.54, 1.807) is 0 Å². The number of carboxylic acids is 1. The molecule has 0 aliphatic carbocycles. The quantitative estimate of drug-likeness (QED) is 0.0769. The maximum atomic E-state index is 11.9. The molecule has 35 heavy (non-hydrogen) atoms. The number of aliphatic carboxylic acids is 1. The number of esters is 1. The largest absolute Gasteiger partial charge is 0.478 e. The minimum Gasteiger partial charge on any atom is -0.478 e. The van der Waals surface area contributed by atoms with Gasteiger partial charge in [-0.05, 0) is 64.3 Å². The molecule has 0 aromatic carbocycles.